The van der Waals surface area contributed by atoms with Gasteiger partial charge in [0, 0.05) is 17.1 Å². The van der Waals surface area contributed by atoms with Gasteiger partial charge in [-0.2, -0.15) is 0 Å². The summed E-state index contributed by atoms with van der Waals surface area (Å²) >= 11 is 1.10. The molecule has 0 saturated carbocycles. The third kappa shape index (κ3) is 2.56. The fourth-order valence-electron chi connectivity index (χ4n) is 2.05. The zero-order valence-electron chi connectivity index (χ0n) is 11.8. The van der Waals surface area contributed by atoms with Crippen molar-refractivity contribution in [2.45, 2.75) is 26.4 Å². The van der Waals surface area contributed by atoms with E-state index in [4.69, 9.17) is 0 Å². The first-order chi connectivity index (χ1) is 9.45. The van der Waals surface area contributed by atoms with Crippen LogP contribution >= 0.6 is 11.5 Å². The number of carboxylic acid groups (broad SMARTS) is 1. The van der Waals surface area contributed by atoms with Crippen LogP contribution in [0.5, 0.6) is 0 Å². The maximum absolute atomic E-state index is 11.3. The van der Waals surface area contributed by atoms with Crippen molar-refractivity contribution >= 4 is 33.5 Å². The van der Waals surface area contributed by atoms with Crippen LogP contribution in [0.15, 0.2) is 0 Å². The molecule has 0 saturated heterocycles. The average Bonchev–Trinajstić information content (AvgIpc) is 2.84. The molecule has 0 amide bonds. The van der Waals surface area contributed by atoms with E-state index in [0.717, 1.165) is 18.0 Å². The second-order valence-electron chi connectivity index (χ2n) is 4.72. The number of fused-ring (bicyclic) bond motifs is 1. The third-order valence-electron chi connectivity index (χ3n) is 3.17. The highest BCUT2D eigenvalue weighted by molar-refractivity contribution is 7.12. The van der Waals surface area contributed by atoms with Crippen LogP contribution in [-0.4, -0.2) is 50.8 Å². The van der Waals surface area contributed by atoms with Crippen molar-refractivity contribution in [1.29, 1.82) is 0 Å². The van der Waals surface area contributed by atoms with Crippen LogP contribution in [0.25, 0.3) is 10.3 Å². The second kappa shape index (κ2) is 5.68. The second-order valence-corrected chi connectivity index (χ2v) is 5.46. The first-order valence-electron chi connectivity index (χ1n) is 6.24. The largest absolute Gasteiger partial charge is 0.477 e. The van der Waals surface area contributed by atoms with Crippen molar-refractivity contribution in [1.82, 2.24) is 19.5 Å². The Kier molecular flexibility index (Phi) is 4.15. The summed E-state index contributed by atoms with van der Waals surface area (Å²) in [7, 11) is 3.93. The Morgan fingerprint density at radius 3 is 2.75 bits per heavy atom. The molecule has 0 aromatic carbocycles. The molecule has 0 aliphatic heterocycles. The van der Waals surface area contributed by atoms with E-state index in [1.54, 1.807) is 6.92 Å². The van der Waals surface area contributed by atoms with Gasteiger partial charge in [0.1, 0.15) is 5.52 Å². The lowest BCUT2D eigenvalue weighted by Crippen LogP contribution is -2.35. The summed E-state index contributed by atoms with van der Waals surface area (Å²) in [5, 5.41) is 16.7. The molecule has 1 atom stereocenters. The molecule has 2 N–H and O–H groups in total. The van der Waals surface area contributed by atoms with Crippen LogP contribution in [0, 0.1) is 6.92 Å². The molecule has 0 radical (unpaired) electrons. The molecule has 2 heterocycles. The van der Waals surface area contributed by atoms with Crippen LogP contribution < -0.4 is 5.32 Å². The fourth-order valence-corrected chi connectivity index (χ4v) is 2.61. The zero-order chi connectivity index (χ0) is 14.9. The van der Waals surface area contributed by atoms with Crippen molar-refractivity contribution in [3.63, 3.8) is 0 Å². The van der Waals surface area contributed by atoms with E-state index in [0.29, 0.717) is 21.6 Å². The molecule has 0 aliphatic carbocycles. The van der Waals surface area contributed by atoms with Crippen molar-refractivity contribution in [3.8, 4) is 0 Å². The van der Waals surface area contributed by atoms with Crippen molar-refractivity contribution in [2.75, 3.05) is 19.4 Å². The number of anilines is 1. The molecular weight excluding hydrogens is 278 g/mol. The summed E-state index contributed by atoms with van der Waals surface area (Å²) in [6.07, 6.45) is 0.957. The van der Waals surface area contributed by atoms with E-state index < -0.39 is 5.97 Å². The van der Waals surface area contributed by atoms with Crippen molar-refractivity contribution in [3.05, 3.63) is 11.3 Å². The van der Waals surface area contributed by atoms with E-state index in [1.807, 2.05) is 19.0 Å². The number of aromatic carboxylic acids is 1. The van der Waals surface area contributed by atoms with Gasteiger partial charge in [-0.3, -0.25) is 4.90 Å². The summed E-state index contributed by atoms with van der Waals surface area (Å²) < 4.78 is 3.86. The quantitative estimate of drug-likeness (QED) is 0.813. The summed E-state index contributed by atoms with van der Waals surface area (Å²) in [4.78, 5) is 18.0. The van der Waals surface area contributed by atoms with Crippen LogP contribution in [-0.2, 0) is 0 Å². The molecule has 2 aromatic heterocycles. The molecule has 0 spiro atoms. The number of nitrogens with zero attached hydrogens (tertiary/aromatic N) is 4. The van der Waals surface area contributed by atoms with E-state index >= 15 is 0 Å². The third-order valence-corrected chi connectivity index (χ3v) is 3.80. The number of carbonyl (C=O) groups is 1. The molecule has 0 aliphatic rings. The number of nitrogens with one attached hydrogen (secondary N) is 1. The molecular formula is C12H17N5O2S. The van der Waals surface area contributed by atoms with Gasteiger partial charge in [-0.25, -0.2) is 9.78 Å². The minimum absolute atomic E-state index is 0.0414. The Morgan fingerprint density at radius 1 is 1.50 bits per heavy atom. The molecule has 108 valence electrons. The lowest BCUT2D eigenvalue weighted by Gasteiger charge is -2.26. The van der Waals surface area contributed by atoms with E-state index in [9.17, 15) is 9.90 Å². The van der Waals surface area contributed by atoms with Gasteiger partial charge in [0.15, 0.2) is 10.5 Å². The summed E-state index contributed by atoms with van der Waals surface area (Å²) in [6.45, 7) is 3.79. The van der Waals surface area contributed by atoms with Gasteiger partial charge in [-0.05, 0) is 27.4 Å². The molecule has 20 heavy (non-hydrogen) atoms. The number of carboxylic acids is 1. The van der Waals surface area contributed by atoms with Crippen LogP contribution in [0.2, 0.25) is 0 Å². The number of aromatic nitrogens is 3. The topological polar surface area (TPSA) is 91.2 Å². The Hall–Kier alpha value is -1.80. The smallest absolute Gasteiger partial charge is 0.354 e. The Bertz CT molecular complexity index is 640. The van der Waals surface area contributed by atoms with Crippen LogP contribution in [0.1, 0.15) is 29.4 Å². The SMILES string of the molecule is CCC(Nc1c(C)c(C(=O)O)nc2snnc12)N(C)C. The average molecular weight is 295 g/mol. The molecule has 2 rings (SSSR count). The minimum atomic E-state index is -1.04. The molecule has 0 bridgehead atoms. The number of hydrogen-bond acceptors (Lipinski definition) is 7. The molecule has 1 unspecified atom stereocenters. The highest BCUT2D eigenvalue weighted by Crippen LogP contribution is 2.29. The van der Waals surface area contributed by atoms with Gasteiger partial charge in [0.05, 0.1) is 11.9 Å². The normalized spacial score (nSPS) is 12.8. The molecule has 8 heteroatoms. The van der Waals surface area contributed by atoms with Gasteiger partial charge in [-0.15, -0.1) is 5.10 Å². The highest BCUT2D eigenvalue weighted by atomic mass is 32.1. The lowest BCUT2D eigenvalue weighted by molar-refractivity contribution is 0.0690. The van der Waals surface area contributed by atoms with Gasteiger partial charge >= 0.3 is 5.97 Å². The van der Waals surface area contributed by atoms with Crippen LogP contribution in [0.3, 0.4) is 0 Å². The number of pyridine rings is 1. The Balaban J connectivity index is 2.57. The van der Waals surface area contributed by atoms with E-state index in [2.05, 4.69) is 26.8 Å². The highest BCUT2D eigenvalue weighted by Gasteiger charge is 2.21. The molecule has 7 nitrogen and oxygen atoms in total. The lowest BCUT2D eigenvalue weighted by atomic mass is 10.1. The van der Waals surface area contributed by atoms with Gasteiger partial charge < -0.3 is 10.4 Å². The zero-order valence-corrected chi connectivity index (χ0v) is 12.7. The van der Waals surface area contributed by atoms with E-state index in [1.165, 1.54) is 0 Å². The van der Waals surface area contributed by atoms with E-state index in [-0.39, 0.29) is 11.9 Å². The van der Waals surface area contributed by atoms with Crippen LogP contribution in [0.4, 0.5) is 5.69 Å². The van der Waals surface area contributed by atoms with Crippen molar-refractivity contribution in [2.24, 2.45) is 0 Å². The first-order valence-corrected chi connectivity index (χ1v) is 7.02. The van der Waals surface area contributed by atoms with Gasteiger partial charge in [0.2, 0.25) is 0 Å². The standard InChI is InChI=1S/C12H17N5O2S/c1-5-7(17(3)4)13-8-6(2)9(12(18)19)14-11-10(8)15-16-20-11/h7H,5H2,1-4H3,(H,13,14)(H,18,19). The summed E-state index contributed by atoms with van der Waals surface area (Å²) in [5.41, 5.74) is 1.94. The fraction of sp³-hybridized carbons (Fsp3) is 0.500. The maximum atomic E-state index is 11.3. The predicted octanol–water partition coefficient (Wildman–Crippen LogP) is 1.80. The number of hydrogen-bond donors (Lipinski definition) is 2. The predicted molar refractivity (Wildman–Crippen MR) is 78.3 cm³/mol. The molecule has 2 aromatic rings. The minimum Gasteiger partial charge on any atom is -0.477 e. The maximum Gasteiger partial charge on any atom is 0.354 e. The Labute approximate surface area is 120 Å². The molecule has 0 fully saturated rings. The Morgan fingerprint density at radius 2 is 2.20 bits per heavy atom. The van der Waals surface area contributed by atoms with Gasteiger partial charge in [0.25, 0.3) is 0 Å². The summed E-state index contributed by atoms with van der Waals surface area (Å²) in [5.74, 6) is -1.04. The first kappa shape index (κ1) is 14.6. The monoisotopic (exact) mass is 295 g/mol. The van der Waals surface area contributed by atoms with Crippen molar-refractivity contribution < 1.29 is 9.90 Å². The summed E-state index contributed by atoms with van der Waals surface area (Å²) in [6, 6.07) is 0. The van der Waals surface area contributed by atoms with Gasteiger partial charge in [-0.1, -0.05) is 11.4 Å². The number of rotatable bonds is 5.